The fourth-order valence-electron chi connectivity index (χ4n) is 4.08. The van der Waals surface area contributed by atoms with Crippen LogP contribution in [0.2, 0.25) is 0 Å². The van der Waals surface area contributed by atoms with Crippen LogP contribution in [0.15, 0.2) is 24.3 Å². The maximum Gasteiger partial charge on any atom is 0.0693 e. The third-order valence-electron chi connectivity index (χ3n) is 5.55. The highest BCUT2D eigenvalue weighted by atomic mass is 16.3. The lowest BCUT2D eigenvalue weighted by atomic mass is 9.70. The van der Waals surface area contributed by atoms with Crippen molar-refractivity contribution in [3.63, 3.8) is 0 Å². The minimum atomic E-state index is -0.183. The molecule has 2 heteroatoms. The van der Waals surface area contributed by atoms with Crippen LogP contribution in [0.5, 0.6) is 0 Å². The molecule has 0 spiro atoms. The zero-order valence-electron chi connectivity index (χ0n) is 13.4. The lowest BCUT2D eigenvalue weighted by Gasteiger charge is -2.43. The molecule has 2 aliphatic rings. The van der Waals surface area contributed by atoms with Gasteiger partial charge in [-0.3, -0.25) is 0 Å². The van der Waals surface area contributed by atoms with Crippen molar-refractivity contribution in [2.45, 2.75) is 77.0 Å². The molecule has 21 heavy (non-hydrogen) atoms. The number of benzene rings is 1. The molecule has 1 fully saturated rings. The number of hydrogen-bond donors (Lipinski definition) is 2. The summed E-state index contributed by atoms with van der Waals surface area (Å²) in [5.74, 6) is 0. The summed E-state index contributed by atoms with van der Waals surface area (Å²) in [6.07, 6.45) is 7.94. The van der Waals surface area contributed by atoms with Crippen LogP contribution in [0.4, 0.5) is 0 Å². The SMILES string of the molecule is CC1(C)CCc2ccccc2C1NC1CCCCCC1O. The van der Waals surface area contributed by atoms with Gasteiger partial charge in [-0.1, -0.05) is 57.4 Å². The number of aryl methyl sites for hydroxylation is 1. The molecule has 3 atom stereocenters. The van der Waals surface area contributed by atoms with Gasteiger partial charge in [-0.25, -0.2) is 0 Å². The van der Waals surface area contributed by atoms with E-state index in [4.69, 9.17) is 0 Å². The van der Waals surface area contributed by atoms with Crippen LogP contribution < -0.4 is 5.32 Å². The van der Waals surface area contributed by atoms with Crippen molar-refractivity contribution in [2.75, 3.05) is 0 Å². The van der Waals surface area contributed by atoms with E-state index in [0.717, 1.165) is 12.8 Å². The summed E-state index contributed by atoms with van der Waals surface area (Å²) in [4.78, 5) is 0. The van der Waals surface area contributed by atoms with E-state index >= 15 is 0 Å². The van der Waals surface area contributed by atoms with Crippen LogP contribution >= 0.6 is 0 Å². The van der Waals surface area contributed by atoms with Crippen LogP contribution in [0, 0.1) is 5.41 Å². The molecule has 3 rings (SSSR count). The van der Waals surface area contributed by atoms with E-state index in [2.05, 4.69) is 43.4 Å². The van der Waals surface area contributed by atoms with Gasteiger partial charge in [-0.2, -0.15) is 0 Å². The molecule has 1 aromatic rings. The van der Waals surface area contributed by atoms with Gasteiger partial charge < -0.3 is 10.4 Å². The van der Waals surface area contributed by atoms with E-state index in [1.54, 1.807) is 0 Å². The lowest BCUT2D eigenvalue weighted by molar-refractivity contribution is 0.0915. The number of nitrogens with one attached hydrogen (secondary N) is 1. The standard InChI is InChI=1S/C19H29NO/c1-19(2)13-12-14-8-6-7-9-15(14)18(19)20-16-10-4-3-5-11-17(16)21/h6-9,16-18,20-21H,3-5,10-13H2,1-2H3. The Kier molecular flexibility index (Phi) is 4.37. The Hall–Kier alpha value is -0.860. The van der Waals surface area contributed by atoms with Gasteiger partial charge in [0, 0.05) is 12.1 Å². The molecular weight excluding hydrogens is 258 g/mol. The first-order chi connectivity index (χ1) is 10.1. The highest BCUT2D eigenvalue weighted by Gasteiger charge is 2.37. The third kappa shape index (κ3) is 3.17. The van der Waals surface area contributed by atoms with Gasteiger partial charge in [0.2, 0.25) is 0 Å². The smallest absolute Gasteiger partial charge is 0.0693 e. The van der Waals surface area contributed by atoms with Crippen LogP contribution in [-0.4, -0.2) is 17.3 Å². The fraction of sp³-hybridized carbons (Fsp3) is 0.684. The molecule has 116 valence electrons. The van der Waals surface area contributed by atoms with Crippen molar-refractivity contribution < 1.29 is 5.11 Å². The molecule has 1 aromatic carbocycles. The Labute approximate surface area is 129 Å². The lowest BCUT2D eigenvalue weighted by Crippen LogP contribution is -2.47. The number of fused-ring (bicyclic) bond motifs is 1. The van der Waals surface area contributed by atoms with Crippen LogP contribution in [0.1, 0.15) is 69.5 Å². The van der Waals surface area contributed by atoms with E-state index in [1.165, 1.54) is 43.2 Å². The summed E-state index contributed by atoms with van der Waals surface area (Å²) in [7, 11) is 0. The maximum absolute atomic E-state index is 10.4. The number of aliphatic hydroxyl groups excluding tert-OH is 1. The second-order valence-corrected chi connectivity index (χ2v) is 7.60. The van der Waals surface area contributed by atoms with Gasteiger partial charge in [-0.15, -0.1) is 0 Å². The second-order valence-electron chi connectivity index (χ2n) is 7.60. The van der Waals surface area contributed by atoms with Crippen molar-refractivity contribution in [1.29, 1.82) is 0 Å². The number of aliphatic hydroxyl groups is 1. The molecule has 3 unspecified atom stereocenters. The molecule has 2 N–H and O–H groups in total. The molecule has 2 nitrogen and oxygen atoms in total. The van der Waals surface area contributed by atoms with E-state index in [-0.39, 0.29) is 17.6 Å². The summed E-state index contributed by atoms with van der Waals surface area (Å²) in [5, 5.41) is 14.3. The molecule has 0 aliphatic heterocycles. The first kappa shape index (κ1) is 15.1. The zero-order chi connectivity index (χ0) is 14.9. The van der Waals surface area contributed by atoms with E-state index in [1.807, 2.05) is 0 Å². The molecule has 0 aromatic heterocycles. The molecule has 0 bridgehead atoms. The van der Waals surface area contributed by atoms with E-state index in [9.17, 15) is 5.11 Å². The fourth-order valence-corrected chi connectivity index (χ4v) is 4.08. The van der Waals surface area contributed by atoms with Gasteiger partial charge in [0.25, 0.3) is 0 Å². The average Bonchev–Trinajstić information content (AvgIpc) is 2.67. The molecule has 0 saturated heterocycles. The number of hydrogen-bond acceptors (Lipinski definition) is 2. The number of rotatable bonds is 2. The quantitative estimate of drug-likeness (QED) is 0.806. The van der Waals surface area contributed by atoms with Crippen molar-refractivity contribution >= 4 is 0 Å². The van der Waals surface area contributed by atoms with E-state index < -0.39 is 0 Å². The first-order valence-electron chi connectivity index (χ1n) is 8.60. The Morgan fingerprint density at radius 2 is 1.86 bits per heavy atom. The summed E-state index contributed by atoms with van der Waals surface area (Å²) in [6.45, 7) is 4.73. The topological polar surface area (TPSA) is 32.3 Å². The zero-order valence-corrected chi connectivity index (χ0v) is 13.4. The molecule has 1 saturated carbocycles. The Bertz CT molecular complexity index is 482. The Morgan fingerprint density at radius 1 is 1.10 bits per heavy atom. The predicted octanol–water partition coefficient (Wildman–Crippen LogP) is 3.98. The van der Waals surface area contributed by atoms with Crippen LogP contribution in [-0.2, 0) is 6.42 Å². The molecule has 0 heterocycles. The molecular formula is C19H29NO. The van der Waals surface area contributed by atoms with Gasteiger partial charge in [-0.05, 0) is 42.2 Å². The molecule has 2 aliphatic carbocycles. The monoisotopic (exact) mass is 287 g/mol. The summed E-state index contributed by atoms with van der Waals surface area (Å²) in [6, 6.07) is 9.45. The minimum absolute atomic E-state index is 0.183. The highest BCUT2D eigenvalue weighted by Crippen LogP contribution is 2.44. The van der Waals surface area contributed by atoms with Crippen LogP contribution in [0.25, 0.3) is 0 Å². The van der Waals surface area contributed by atoms with Crippen molar-refractivity contribution in [1.82, 2.24) is 5.32 Å². The van der Waals surface area contributed by atoms with Gasteiger partial charge in [0.15, 0.2) is 0 Å². The summed E-state index contributed by atoms with van der Waals surface area (Å²) < 4.78 is 0. The normalized spacial score (nSPS) is 32.2. The third-order valence-corrected chi connectivity index (χ3v) is 5.55. The average molecular weight is 287 g/mol. The van der Waals surface area contributed by atoms with Crippen molar-refractivity contribution in [2.24, 2.45) is 5.41 Å². The molecule has 0 amide bonds. The van der Waals surface area contributed by atoms with Gasteiger partial charge in [0.05, 0.1) is 6.10 Å². The largest absolute Gasteiger partial charge is 0.392 e. The van der Waals surface area contributed by atoms with Gasteiger partial charge >= 0.3 is 0 Å². The maximum atomic E-state index is 10.4. The first-order valence-corrected chi connectivity index (χ1v) is 8.60. The highest BCUT2D eigenvalue weighted by molar-refractivity contribution is 5.34. The van der Waals surface area contributed by atoms with Crippen molar-refractivity contribution in [3.05, 3.63) is 35.4 Å². The molecule has 0 radical (unpaired) electrons. The predicted molar refractivity (Wildman–Crippen MR) is 87.3 cm³/mol. The summed E-state index contributed by atoms with van der Waals surface area (Å²) >= 11 is 0. The Morgan fingerprint density at radius 3 is 2.71 bits per heavy atom. The second kappa shape index (κ2) is 6.10. The van der Waals surface area contributed by atoms with Gasteiger partial charge in [0.1, 0.15) is 0 Å². The van der Waals surface area contributed by atoms with Crippen molar-refractivity contribution in [3.8, 4) is 0 Å². The minimum Gasteiger partial charge on any atom is -0.392 e. The van der Waals surface area contributed by atoms with E-state index in [0.29, 0.717) is 6.04 Å². The summed E-state index contributed by atoms with van der Waals surface area (Å²) in [5.41, 5.74) is 3.18. The Balaban J connectivity index is 1.85. The van der Waals surface area contributed by atoms with Crippen LogP contribution in [0.3, 0.4) is 0 Å².